The highest BCUT2D eigenvalue weighted by atomic mass is 16.5. The maximum Gasteiger partial charge on any atom is 0.161 e. The summed E-state index contributed by atoms with van der Waals surface area (Å²) in [7, 11) is 0. The highest BCUT2D eigenvalue weighted by molar-refractivity contribution is 5.41. The van der Waals surface area contributed by atoms with Crippen LogP contribution in [0, 0.1) is 0 Å². The van der Waals surface area contributed by atoms with Crippen molar-refractivity contribution in [1.29, 1.82) is 0 Å². The first kappa shape index (κ1) is 14.2. The average Bonchev–Trinajstić information content (AvgIpc) is 2.43. The van der Waals surface area contributed by atoms with Gasteiger partial charge >= 0.3 is 0 Å². The van der Waals surface area contributed by atoms with Crippen LogP contribution in [0.15, 0.2) is 18.2 Å². The minimum absolute atomic E-state index is 0.208. The Kier molecular flexibility index (Phi) is 5.05. The third-order valence-electron chi connectivity index (χ3n) is 3.53. The summed E-state index contributed by atoms with van der Waals surface area (Å²) < 4.78 is 10.9. The summed E-state index contributed by atoms with van der Waals surface area (Å²) in [6.45, 7) is 8.12. The molecule has 19 heavy (non-hydrogen) atoms. The molecular formula is C15H23NO3. The second kappa shape index (κ2) is 6.78. The predicted octanol–water partition coefficient (Wildman–Crippen LogP) is 2.40. The molecule has 1 heterocycles. The molecule has 0 bridgehead atoms. The summed E-state index contributed by atoms with van der Waals surface area (Å²) in [5, 5.41) is 9.71. The maximum absolute atomic E-state index is 9.71. The van der Waals surface area contributed by atoms with Crippen molar-refractivity contribution in [2.24, 2.45) is 0 Å². The van der Waals surface area contributed by atoms with Crippen LogP contribution in [0.1, 0.15) is 25.8 Å². The third-order valence-corrected chi connectivity index (χ3v) is 3.53. The van der Waals surface area contributed by atoms with E-state index < -0.39 is 0 Å². The fourth-order valence-electron chi connectivity index (χ4n) is 2.44. The Hall–Kier alpha value is -1.26. The van der Waals surface area contributed by atoms with Gasteiger partial charge in [0.15, 0.2) is 11.5 Å². The lowest BCUT2D eigenvalue weighted by Crippen LogP contribution is -2.44. The Balaban J connectivity index is 2.07. The number of benzene rings is 1. The van der Waals surface area contributed by atoms with Crippen LogP contribution in [0.3, 0.4) is 0 Å². The van der Waals surface area contributed by atoms with E-state index in [1.807, 2.05) is 19.1 Å². The van der Waals surface area contributed by atoms with Crippen molar-refractivity contribution in [3.8, 4) is 11.5 Å². The van der Waals surface area contributed by atoms with Gasteiger partial charge in [-0.2, -0.15) is 0 Å². The zero-order valence-electron chi connectivity index (χ0n) is 11.8. The minimum atomic E-state index is 0.208. The summed E-state index contributed by atoms with van der Waals surface area (Å²) in [5.41, 5.74) is 1.17. The van der Waals surface area contributed by atoms with Crippen molar-refractivity contribution in [1.82, 2.24) is 4.90 Å². The molecule has 0 amide bonds. The largest absolute Gasteiger partial charge is 0.504 e. The molecule has 106 valence electrons. The van der Waals surface area contributed by atoms with Crippen molar-refractivity contribution in [3.63, 3.8) is 0 Å². The summed E-state index contributed by atoms with van der Waals surface area (Å²) >= 11 is 0. The molecule has 4 heteroatoms. The molecule has 1 atom stereocenters. The number of nitrogens with zero attached hydrogens (tertiary/aromatic N) is 1. The Labute approximate surface area is 114 Å². The third kappa shape index (κ3) is 3.61. The van der Waals surface area contributed by atoms with Gasteiger partial charge in [0, 0.05) is 19.1 Å². The fraction of sp³-hybridized carbons (Fsp3) is 0.600. The first-order valence-electron chi connectivity index (χ1n) is 7.01. The van der Waals surface area contributed by atoms with Crippen LogP contribution in [0.25, 0.3) is 0 Å². The number of aromatic hydroxyl groups is 1. The number of phenols is 1. The van der Waals surface area contributed by atoms with Crippen LogP contribution in [0.5, 0.6) is 11.5 Å². The molecule has 1 aromatic rings. The van der Waals surface area contributed by atoms with Crippen LogP contribution in [-0.4, -0.2) is 42.4 Å². The van der Waals surface area contributed by atoms with E-state index in [4.69, 9.17) is 9.47 Å². The lowest BCUT2D eigenvalue weighted by Gasteiger charge is -2.35. The molecule has 1 fully saturated rings. The number of hydrogen-bond acceptors (Lipinski definition) is 4. The molecule has 1 aliphatic rings. The first-order valence-corrected chi connectivity index (χ1v) is 7.01. The van der Waals surface area contributed by atoms with Gasteiger partial charge in [-0.3, -0.25) is 4.90 Å². The number of morpholine rings is 1. The Morgan fingerprint density at radius 1 is 1.42 bits per heavy atom. The highest BCUT2D eigenvalue weighted by Gasteiger charge is 2.21. The molecule has 4 nitrogen and oxygen atoms in total. The second-order valence-electron chi connectivity index (χ2n) is 4.84. The molecule has 1 N–H and O–H groups in total. The molecule has 1 aliphatic heterocycles. The van der Waals surface area contributed by atoms with E-state index in [-0.39, 0.29) is 5.75 Å². The van der Waals surface area contributed by atoms with E-state index in [1.54, 1.807) is 6.07 Å². The quantitative estimate of drug-likeness (QED) is 0.887. The van der Waals surface area contributed by atoms with Gasteiger partial charge in [-0.1, -0.05) is 13.0 Å². The topological polar surface area (TPSA) is 41.9 Å². The molecule has 1 unspecified atom stereocenters. The lowest BCUT2D eigenvalue weighted by atomic mass is 10.1. The van der Waals surface area contributed by atoms with Crippen LogP contribution in [-0.2, 0) is 11.3 Å². The molecule has 0 aromatic heterocycles. The Morgan fingerprint density at radius 3 is 3.00 bits per heavy atom. The molecule has 2 rings (SSSR count). The van der Waals surface area contributed by atoms with E-state index in [0.717, 1.165) is 32.7 Å². The summed E-state index contributed by atoms with van der Waals surface area (Å²) in [4.78, 5) is 2.44. The molecule has 0 spiro atoms. The van der Waals surface area contributed by atoms with Crippen molar-refractivity contribution in [3.05, 3.63) is 23.8 Å². The molecule has 0 radical (unpaired) electrons. The van der Waals surface area contributed by atoms with Gasteiger partial charge in [0.1, 0.15) is 0 Å². The van der Waals surface area contributed by atoms with Gasteiger partial charge in [-0.05, 0) is 31.0 Å². The molecule has 0 saturated carbocycles. The molecule has 1 aromatic carbocycles. The number of hydrogen-bond donors (Lipinski definition) is 1. The monoisotopic (exact) mass is 265 g/mol. The Morgan fingerprint density at radius 2 is 2.26 bits per heavy atom. The Bertz CT molecular complexity index is 408. The second-order valence-corrected chi connectivity index (χ2v) is 4.84. The summed E-state index contributed by atoms with van der Waals surface area (Å²) in [5.74, 6) is 0.779. The average molecular weight is 265 g/mol. The first-order chi connectivity index (χ1) is 9.24. The molecule has 0 aliphatic carbocycles. The zero-order valence-corrected chi connectivity index (χ0v) is 11.8. The van der Waals surface area contributed by atoms with E-state index in [2.05, 4.69) is 11.8 Å². The zero-order chi connectivity index (χ0) is 13.7. The molecule has 1 saturated heterocycles. The van der Waals surface area contributed by atoms with Gasteiger partial charge in [0.25, 0.3) is 0 Å². The van der Waals surface area contributed by atoms with Crippen LogP contribution in [0.4, 0.5) is 0 Å². The highest BCUT2D eigenvalue weighted by Crippen LogP contribution is 2.28. The summed E-state index contributed by atoms with van der Waals surface area (Å²) in [6, 6.07) is 6.08. The van der Waals surface area contributed by atoms with Crippen LogP contribution < -0.4 is 4.74 Å². The standard InChI is InChI=1S/C15H23NO3/c1-3-13-11-18-8-7-16(13)10-12-5-6-14(17)15(9-12)19-4-2/h5-6,9,13,17H,3-4,7-8,10-11H2,1-2H3. The lowest BCUT2D eigenvalue weighted by molar-refractivity contribution is -0.0127. The number of rotatable bonds is 5. The predicted molar refractivity (Wildman–Crippen MR) is 74.6 cm³/mol. The van der Waals surface area contributed by atoms with E-state index >= 15 is 0 Å². The van der Waals surface area contributed by atoms with E-state index in [0.29, 0.717) is 18.4 Å². The summed E-state index contributed by atoms with van der Waals surface area (Å²) in [6.07, 6.45) is 1.09. The smallest absolute Gasteiger partial charge is 0.161 e. The van der Waals surface area contributed by atoms with Gasteiger partial charge in [-0.15, -0.1) is 0 Å². The number of ether oxygens (including phenoxy) is 2. The van der Waals surface area contributed by atoms with Gasteiger partial charge in [-0.25, -0.2) is 0 Å². The van der Waals surface area contributed by atoms with Crippen molar-refractivity contribution in [2.75, 3.05) is 26.4 Å². The van der Waals surface area contributed by atoms with Crippen LogP contribution in [0.2, 0.25) is 0 Å². The normalized spacial score (nSPS) is 20.4. The van der Waals surface area contributed by atoms with Crippen LogP contribution >= 0.6 is 0 Å². The van der Waals surface area contributed by atoms with Gasteiger partial charge in [0.05, 0.1) is 19.8 Å². The number of phenolic OH excluding ortho intramolecular Hbond substituents is 1. The fourth-order valence-corrected chi connectivity index (χ4v) is 2.44. The van der Waals surface area contributed by atoms with E-state index in [1.165, 1.54) is 5.56 Å². The maximum atomic E-state index is 9.71. The minimum Gasteiger partial charge on any atom is -0.504 e. The van der Waals surface area contributed by atoms with Crippen molar-refractivity contribution >= 4 is 0 Å². The van der Waals surface area contributed by atoms with Crippen molar-refractivity contribution < 1.29 is 14.6 Å². The molecular weight excluding hydrogens is 242 g/mol. The van der Waals surface area contributed by atoms with Gasteiger partial charge in [0.2, 0.25) is 0 Å². The van der Waals surface area contributed by atoms with Gasteiger partial charge < -0.3 is 14.6 Å². The van der Waals surface area contributed by atoms with E-state index in [9.17, 15) is 5.11 Å². The SMILES string of the molecule is CCOc1cc(CN2CCOCC2CC)ccc1O. The van der Waals surface area contributed by atoms with Crippen molar-refractivity contribution in [2.45, 2.75) is 32.9 Å².